The third-order valence-corrected chi connectivity index (χ3v) is 3.87. The molecule has 0 saturated heterocycles. The van der Waals surface area contributed by atoms with Crippen LogP contribution in [0.15, 0.2) is 17.3 Å². The summed E-state index contributed by atoms with van der Waals surface area (Å²) in [5.74, 6) is -0.503. The van der Waals surface area contributed by atoms with E-state index in [9.17, 15) is 18.6 Å². The van der Waals surface area contributed by atoms with Gasteiger partial charge in [0.05, 0.1) is 12.2 Å². The lowest BCUT2D eigenvalue weighted by Gasteiger charge is -2.25. The fourth-order valence-corrected chi connectivity index (χ4v) is 2.65. The first-order valence-corrected chi connectivity index (χ1v) is 7.94. The van der Waals surface area contributed by atoms with Crippen molar-refractivity contribution in [2.45, 2.75) is 6.10 Å². The van der Waals surface area contributed by atoms with Gasteiger partial charge in [-0.05, 0) is 6.07 Å². The van der Waals surface area contributed by atoms with Crippen molar-refractivity contribution >= 4 is 15.8 Å². The minimum atomic E-state index is -3.57. The van der Waals surface area contributed by atoms with Crippen LogP contribution in [-0.2, 0) is 19.1 Å². The van der Waals surface area contributed by atoms with Crippen molar-refractivity contribution in [3.8, 4) is 17.2 Å². The highest BCUT2D eigenvalue weighted by molar-refractivity contribution is 7.85. The van der Waals surface area contributed by atoms with E-state index in [4.69, 9.17) is 13.8 Å². The molecule has 0 radical (unpaired) electrons. The normalized spacial score (nSPS) is 23.6. The number of phenols is 2. The first-order chi connectivity index (χ1) is 9.85. The third-order valence-electron chi connectivity index (χ3n) is 3.30. The van der Waals surface area contributed by atoms with Gasteiger partial charge in [-0.2, -0.15) is 8.42 Å². The summed E-state index contributed by atoms with van der Waals surface area (Å²) in [6, 6.07) is 2.63. The van der Waals surface area contributed by atoms with Gasteiger partial charge in [0, 0.05) is 11.6 Å². The Labute approximate surface area is 120 Å². The molecule has 2 unspecified atom stereocenters. The largest absolute Gasteiger partial charge is 0.504 e. The zero-order chi connectivity index (χ0) is 15.2. The van der Waals surface area contributed by atoms with Crippen molar-refractivity contribution in [3.05, 3.63) is 17.7 Å². The van der Waals surface area contributed by atoms with Crippen molar-refractivity contribution < 1.29 is 32.4 Å². The van der Waals surface area contributed by atoms with Crippen LogP contribution in [0, 0.1) is 5.92 Å². The number of phenolic OH excluding ortho intramolecular Hbond substituents is 2. The summed E-state index contributed by atoms with van der Waals surface area (Å²) in [6.45, 7) is 0.0487. The summed E-state index contributed by atoms with van der Waals surface area (Å²) >= 11 is 0. The summed E-state index contributed by atoms with van der Waals surface area (Å²) < 4.78 is 32.3. The van der Waals surface area contributed by atoms with Crippen molar-refractivity contribution in [3.63, 3.8) is 0 Å². The molecule has 1 aromatic rings. The highest BCUT2D eigenvalue weighted by atomic mass is 32.2. The highest BCUT2D eigenvalue weighted by Crippen LogP contribution is 2.39. The van der Waals surface area contributed by atoms with Crippen LogP contribution in [0.5, 0.6) is 17.2 Å². The van der Waals surface area contributed by atoms with Crippen LogP contribution in [0.3, 0.4) is 0 Å². The summed E-state index contributed by atoms with van der Waals surface area (Å²) in [4.78, 5) is 5.20. The Bertz CT molecular complexity index is 713. The Morgan fingerprint density at radius 2 is 2.10 bits per heavy atom. The lowest BCUT2D eigenvalue weighted by molar-refractivity contribution is 0.0175. The van der Waals surface area contributed by atoms with Crippen LogP contribution in [0.25, 0.3) is 0 Å². The van der Waals surface area contributed by atoms with Gasteiger partial charge in [-0.15, -0.1) is 0 Å². The van der Waals surface area contributed by atoms with Crippen LogP contribution < -0.4 is 4.74 Å². The van der Waals surface area contributed by atoms with E-state index in [1.165, 1.54) is 12.1 Å². The topological polar surface area (TPSA) is 115 Å². The number of ether oxygens (including phenoxy) is 1. The smallest absolute Gasteiger partial charge is 0.264 e. The van der Waals surface area contributed by atoms with Crippen molar-refractivity contribution in [2.75, 3.05) is 19.5 Å². The molecular formula is C12H13NO7S. The predicted octanol–water partition coefficient (Wildman–Crippen LogP) is 0.185. The number of benzene rings is 1. The molecule has 2 aliphatic rings. The number of oxime groups is 1. The molecule has 21 heavy (non-hydrogen) atoms. The van der Waals surface area contributed by atoms with E-state index in [1.54, 1.807) is 0 Å². The third kappa shape index (κ3) is 2.61. The van der Waals surface area contributed by atoms with E-state index >= 15 is 0 Å². The molecule has 0 fully saturated rings. The minimum absolute atomic E-state index is 0.167. The Morgan fingerprint density at radius 3 is 2.81 bits per heavy atom. The predicted molar refractivity (Wildman–Crippen MR) is 71.0 cm³/mol. The molecule has 8 nitrogen and oxygen atoms in total. The van der Waals surface area contributed by atoms with E-state index in [2.05, 4.69) is 5.16 Å². The molecule has 114 valence electrons. The van der Waals surface area contributed by atoms with Crippen LogP contribution in [0.2, 0.25) is 0 Å². The highest BCUT2D eigenvalue weighted by Gasteiger charge is 2.41. The molecule has 0 amide bonds. The maximum atomic E-state index is 11.0. The number of hydrogen-bond acceptors (Lipinski definition) is 8. The zero-order valence-corrected chi connectivity index (χ0v) is 11.8. The second-order valence-corrected chi connectivity index (χ2v) is 6.51. The second-order valence-electron chi connectivity index (χ2n) is 4.86. The monoisotopic (exact) mass is 315 g/mol. The van der Waals surface area contributed by atoms with Crippen molar-refractivity contribution in [1.29, 1.82) is 0 Å². The standard InChI is InChI=1S/C12H13NO7S/c1-21(16,17)19-5-11-7-4-18-10-3-9(15)8(14)2-6(10)12(7)13-20-11/h2-3,7,11,14-15H,4-5H2,1H3. The second kappa shape index (κ2) is 4.78. The Balaban J connectivity index is 1.83. The average molecular weight is 315 g/mol. The fraction of sp³-hybridized carbons (Fsp3) is 0.417. The first kappa shape index (κ1) is 14.0. The number of nitrogens with zero attached hydrogens (tertiary/aromatic N) is 1. The summed E-state index contributed by atoms with van der Waals surface area (Å²) in [6.07, 6.45) is 0.371. The maximum Gasteiger partial charge on any atom is 0.264 e. The molecule has 0 aromatic heterocycles. The van der Waals surface area contributed by atoms with Gasteiger partial charge in [0.15, 0.2) is 17.6 Å². The van der Waals surface area contributed by atoms with Gasteiger partial charge in [-0.1, -0.05) is 5.16 Å². The van der Waals surface area contributed by atoms with Gasteiger partial charge in [-0.3, -0.25) is 4.18 Å². The maximum absolute atomic E-state index is 11.0. The van der Waals surface area contributed by atoms with Gasteiger partial charge in [0.25, 0.3) is 10.1 Å². The van der Waals surface area contributed by atoms with Crippen LogP contribution in [-0.4, -0.2) is 49.9 Å². The van der Waals surface area contributed by atoms with Gasteiger partial charge in [0.2, 0.25) is 0 Å². The molecular weight excluding hydrogens is 302 g/mol. The lowest BCUT2D eigenvalue weighted by Crippen LogP contribution is -2.36. The van der Waals surface area contributed by atoms with E-state index in [-0.39, 0.29) is 30.6 Å². The molecule has 2 aliphatic heterocycles. The van der Waals surface area contributed by atoms with Crippen LogP contribution in [0.1, 0.15) is 5.56 Å². The zero-order valence-electron chi connectivity index (χ0n) is 11.0. The van der Waals surface area contributed by atoms with Gasteiger partial charge < -0.3 is 19.8 Å². The number of aromatic hydroxyl groups is 2. The SMILES string of the molecule is CS(=O)(=O)OCC1ON=C2c3cc(O)c(O)cc3OCC21. The molecule has 1 aromatic carbocycles. The van der Waals surface area contributed by atoms with E-state index in [0.29, 0.717) is 17.0 Å². The molecule has 0 bridgehead atoms. The molecule has 2 N–H and O–H groups in total. The summed E-state index contributed by atoms with van der Waals surface area (Å²) in [5.41, 5.74) is 1.04. The molecule has 3 rings (SSSR count). The van der Waals surface area contributed by atoms with E-state index < -0.39 is 16.2 Å². The molecule has 9 heteroatoms. The molecule has 0 saturated carbocycles. The number of fused-ring (bicyclic) bond motifs is 3. The van der Waals surface area contributed by atoms with E-state index in [0.717, 1.165) is 6.26 Å². The summed E-state index contributed by atoms with van der Waals surface area (Å²) in [7, 11) is -3.57. The minimum Gasteiger partial charge on any atom is -0.504 e. The number of hydrogen-bond donors (Lipinski definition) is 2. The Morgan fingerprint density at radius 1 is 1.38 bits per heavy atom. The average Bonchev–Trinajstić information content (AvgIpc) is 2.80. The lowest BCUT2D eigenvalue weighted by atomic mass is 9.90. The molecule has 2 atom stereocenters. The fourth-order valence-electron chi connectivity index (χ4n) is 2.27. The van der Waals surface area contributed by atoms with Crippen LogP contribution in [0.4, 0.5) is 0 Å². The van der Waals surface area contributed by atoms with Crippen molar-refractivity contribution in [1.82, 2.24) is 0 Å². The molecule has 0 aliphatic carbocycles. The number of rotatable bonds is 3. The Kier molecular flexibility index (Phi) is 3.18. The van der Waals surface area contributed by atoms with Crippen molar-refractivity contribution in [2.24, 2.45) is 11.1 Å². The summed E-state index contributed by atoms with van der Waals surface area (Å²) in [5, 5.41) is 22.9. The van der Waals surface area contributed by atoms with Gasteiger partial charge >= 0.3 is 0 Å². The molecule has 2 heterocycles. The Hall–Kier alpha value is -2.00. The van der Waals surface area contributed by atoms with Gasteiger partial charge in [-0.25, -0.2) is 0 Å². The molecule has 0 spiro atoms. The van der Waals surface area contributed by atoms with Crippen LogP contribution >= 0.6 is 0 Å². The quantitative estimate of drug-likeness (QED) is 0.604. The van der Waals surface area contributed by atoms with E-state index in [1.807, 2.05) is 0 Å². The first-order valence-electron chi connectivity index (χ1n) is 6.12. The van der Waals surface area contributed by atoms with Gasteiger partial charge in [0.1, 0.15) is 24.7 Å².